The van der Waals surface area contributed by atoms with E-state index >= 15 is 33.6 Å². The molecular weight excluding hydrogens is 1560 g/mol. The Morgan fingerprint density at radius 2 is 1.01 bits per heavy atom. The van der Waals surface area contributed by atoms with Crippen molar-refractivity contribution in [3.63, 3.8) is 0 Å². The molecule has 2 aliphatic heterocycles. The molecule has 0 saturated carbocycles. The Labute approximate surface area is 699 Å². The van der Waals surface area contributed by atoms with Crippen molar-refractivity contribution in [1.82, 2.24) is 71.9 Å². The molecule has 13 amide bonds. The number of likely N-dealkylation sites (tertiary alicyclic amines) is 2. The largest absolute Gasteiger partial charge is 0.370 e. The molecule has 2 saturated heterocycles. The van der Waals surface area contributed by atoms with Crippen LogP contribution in [-0.4, -0.2) is 198 Å². The number of primary amides is 1. The fraction of sp³-hybridized carbons (Fsp3) is 0.407. The first kappa shape index (κ1) is 89.6. The number of pyridine rings is 2. The van der Waals surface area contributed by atoms with Crippen molar-refractivity contribution in [2.75, 3.05) is 19.6 Å². The first-order valence-corrected chi connectivity index (χ1v) is 41.0. The van der Waals surface area contributed by atoms with Crippen LogP contribution in [0.1, 0.15) is 136 Å². The quantitative estimate of drug-likeness (QED) is 0.0182. The lowest BCUT2D eigenvalue weighted by Crippen LogP contribution is -2.63. The number of halogens is 2. The van der Waals surface area contributed by atoms with Crippen LogP contribution in [0.3, 0.4) is 0 Å². The number of carbonyl (C=O) groups excluding carboxylic acids is 13. The maximum atomic E-state index is 15.9. The van der Waals surface area contributed by atoms with E-state index in [0.29, 0.717) is 79.3 Å². The zero-order valence-corrected chi connectivity index (χ0v) is 68.2. The lowest BCUT2D eigenvalue weighted by molar-refractivity contribution is -0.163. The molecule has 8 aromatic rings. The zero-order valence-electron chi connectivity index (χ0n) is 66.7. The summed E-state index contributed by atoms with van der Waals surface area (Å²) in [5.74, 6) is -11.8. The van der Waals surface area contributed by atoms with Gasteiger partial charge < -0.3 is 79.9 Å². The van der Waals surface area contributed by atoms with Gasteiger partial charge in [-0.15, -0.1) is 0 Å². The predicted octanol–water partition coefficient (Wildman–Crippen LogP) is 4.73. The highest BCUT2D eigenvalue weighted by atomic mass is 35.5. The maximum absolute atomic E-state index is 15.9. The molecule has 4 aromatic heterocycles. The Morgan fingerprint density at radius 1 is 0.504 bits per heavy atom. The fourth-order valence-electron chi connectivity index (χ4n) is 15.0. The van der Waals surface area contributed by atoms with Gasteiger partial charge in [-0.25, -0.2) is 4.90 Å². The third-order valence-corrected chi connectivity index (χ3v) is 22.0. The van der Waals surface area contributed by atoms with E-state index in [2.05, 4.69) is 57.2 Å². The summed E-state index contributed by atoms with van der Waals surface area (Å²) >= 11 is 12.4. The number of H-pyrrole nitrogens is 2. The second-order valence-electron chi connectivity index (χ2n) is 30.7. The van der Waals surface area contributed by atoms with Gasteiger partial charge in [0.05, 0.1) is 40.2 Å². The molecule has 0 spiro atoms. The smallest absolute Gasteiger partial charge is 0.258 e. The van der Waals surface area contributed by atoms with Gasteiger partial charge in [0.1, 0.15) is 48.3 Å². The van der Waals surface area contributed by atoms with E-state index in [1.807, 2.05) is 19.1 Å². The highest BCUT2D eigenvalue weighted by Crippen LogP contribution is 2.29. The van der Waals surface area contributed by atoms with Gasteiger partial charge in [-0.3, -0.25) is 72.3 Å². The Morgan fingerprint density at radius 3 is 1.55 bits per heavy atom. The standard InChI is InChI=1S/C86H104Cl2N18O13/c1-4-5-26-66(84(117)106(86(119)73-30-18-37-105(73)83(116)63(91)41-53-21-15-33-93-46-53)85(118)72-29-17-36-104(72)82(115)61(89)25-13-14-35-95-75(108)54-22-16-34-94-47-54)98-77(110)67(38-50(2)3)100-79(112)69(43-55-48-96-64-27-11-9-23-57(55)64)102-78(111)68(42-51-19-7-6-8-20-51)101-80(113)70(44-56-49-97-65-28-12-10-24-58(56)65)103-81(114)71(45-74(92)107)99-76(109)62(90)40-52-31-32-59(87)60(88)39-52/h6-12,15-16,19-24,27-28,31-34,39,46-50,61-63,66-73,96-97H,4-5,13-14,17-18,25-26,29-30,35-38,40-45,89-91H2,1-3H3,(H2,92,107)(H,95,108)(H,98,110)(H,99,109)(H,100,112)(H,101,113)(H,102,111)(H,103,114). The number of hydrogen-bond donors (Lipinski definition) is 13. The van der Waals surface area contributed by atoms with Crippen LogP contribution in [-0.2, 0) is 89.6 Å². The molecule has 630 valence electrons. The minimum absolute atomic E-state index is 0.0101. The summed E-state index contributed by atoms with van der Waals surface area (Å²) in [6.07, 6.45) is 10.1. The van der Waals surface area contributed by atoms with Crippen molar-refractivity contribution >= 4 is 122 Å². The summed E-state index contributed by atoms with van der Waals surface area (Å²) in [5.41, 5.74) is 29.7. The summed E-state index contributed by atoms with van der Waals surface area (Å²) < 4.78 is 0. The van der Waals surface area contributed by atoms with Gasteiger partial charge in [-0.1, -0.05) is 136 Å². The Hall–Kier alpha value is -11.8. The van der Waals surface area contributed by atoms with E-state index < -0.39 is 144 Å². The number of para-hydroxylation sites is 2. The van der Waals surface area contributed by atoms with Gasteiger partial charge in [0, 0.05) is 97.9 Å². The van der Waals surface area contributed by atoms with E-state index in [0.717, 1.165) is 0 Å². The summed E-state index contributed by atoms with van der Waals surface area (Å²) in [4.78, 5) is 210. The molecule has 6 heterocycles. The molecular formula is C86H104Cl2N18O13. The number of unbranched alkanes of at least 4 members (excludes halogenated alkanes) is 2. The summed E-state index contributed by atoms with van der Waals surface area (Å²) in [5, 5.41) is 21.3. The fourth-order valence-corrected chi connectivity index (χ4v) is 15.3. The van der Waals surface area contributed by atoms with Crippen LogP contribution >= 0.6 is 23.2 Å². The van der Waals surface area contributed by atoms with E-state index in [1.165, 1.54) is 28.1 Å². The number of aromatic amines is 2. The van der Waals surface area contributed by atoms with Gasteiger partial charge >= 0.3 is 0 Å². The van der Waals surface area contributed by atoms with Crippen LogP contribution in [0.4, 0.5) is 0 Å². The lowest BCUT2D eigenvalue weighted by atomic mass is 9.99. The third-order valence-electron chi connectivity index (χ3n) is 21.3. The van der Waals surface area contributed by atoms with E-state index in [9.17, 15) is 28.8 Å². The second-order valence-corrected chi connectivity index (χ2v) is 31.5. The number of nitrogens with one attached hydrogen (secondary N) is 9. The number of benzene rings is 4. The van der Waals surface area contributed by atoms with Crippen LogP contribution in [0.15, 0.2) is 159 Å². The molecule has 4 aromatic carbocycles. The summed E-state index contributed by atoms with van der Waals surface area (Å²) in [6, 6.07) is 18.5. The Kier molecular flexibility index (Phi) is 32.4. The first-order chi connectivity index (χ1) is 57.2. The van der Waals surface area contributed by atoms with E-state index in [4.69, 9.17) is 46.1 Å². The molecule has 0 bridgehead atoms. The molecule has 31 nitrogen and oxygen atoms in total. The molecule has 17 N–H and O–H groups in total. The monoisotopic (exact) mass is 1670 g/mol. The lowest BCUT2D eigenvalue weighted by Gasteiger charge is -2.35. The number of hydrogen-bond acceptors (Lipinski definition) is 18. The topological polar surface area (TPSA) is 477 Å². The number of aromatic nitrogens is 4. The van der Waals surface area contributed by atoms with Crippen molar-refractivity contribution in [2.24, 2.45) is 28.9 Å². The van der Waals surface area contributed by atoms with Gasteiger partial charge in [0.15, 0.2) is 0 Å². The summed E-state index contributed by atoms with van der Waals surface area (Å²) in [6.45, 7) is 5.74. The molecule has 33 heteroatoms. The van der Waals surface area contributed by atoms with Gasteiger partial charge in [0.2, 0.25) is 53.2 Å². The van der Waals surface area contributed by atoms with Crippen LogP contribution in [0.25, 0.3) is 21.8 Å². The second kappa shape index (κ2) is 43.1. The van der Waals surface area contributed by atoms with Crippen LogP contribution in [0.2, 0.25) is 10.0 Å². The average molecular weight is 1670 g/mol. The number of amides is 13. The summed E-state index contributed by atoms with van der Waals surface area (Å²) in [7, 11) is 0. The van der Waals surface area contributed by atoms with Crippen LogP contribution in [0, 0.1) is 5.92 Å². The van der Waals surface area contributed by atoms with Crippen molar-refractivity contribution in [1.29, 1.82) is 0 Å². The van der Waals surface area contributed by atoms with E-state index in [-0.39, 0.29) is 125 Å². The normalized spacial score (nSPS) is 16.2. The Bertz CT molecular complexity index is 4920. The molecule has 11 atom stereocenters. The number of imide groups is 3. The number of fused-ring (bicyclic) bond motifs is 2. The molecule has 11 unspecified atom stereocenters. The van der Waals surface area contributed by atoms with E-state index in [1.54, 1.807) is 142 Å². The zero-order chi connectivity index (χ0) is 85.4. The van der Waals surface area contributed by atoms with Crippen LogP contribution < -0.4 is 60.2 Å². The third kappa shape index (κ3) is 24.5. The molecule has 2 fully saturated rings. The minimum atomic E-state index is -1.67. The minimum Gasteiger partial charge on any atom is -0.370 e. The molecule has 10 rings (SSSR count). The van der Waals surface area contributed by atoms with Crippen molar-refractivity contribution < 1.29 is 62.3 Å². The van der Waals surface area contributed by atoms with Crippen molar-refractivity contribution in [2.45, 2.75) is 196 Å². The van der Waals surface area contributed by atoms with Crippen molar-refractivity contribution in [3.8, 4) is 0 Å². The molecule has 2 aliphatic rings. The highest BCUT2D eigenvalue weighted by molar-refractivity contribution is 6.42. The number of nitrogens with two attached hydrogens (primary N) is 4. The predicted molar refractivity (Wildman–Crippen MR) is 447 cm³/mol. The average Bonchev–Trinajstić information content (AvgIpc) is 1.73. The number of carbonyl (C=O) groups is 13. The Balaban J connectivity index is 0.926. The first-order valence-electron chi connectivity index (χ1n) is 40.2. The number of rotatable bonds is 40. The maximum Gasteiger partial charge on any atom is 0.258 e. The molecule has 0 radical (unpaired) electrons. The van der Waals surface area contributed by atoms with Crippen LogP contribution in [0.5, 0.6) is 0 Å². The number of nitrogens with zero attached hydrogens (tertiary/aromatic N) is 5. The molecule has 0 aliphatic carbocycles. The SMILES string of the molecule is CCCCC(NC(=O)C(CC(C)C)NC(=O)C(Cc1c[nH]c2ccccc12)NC(=O)C(Cc1ccccc1)NC(=O)C(Cc1c[nH]c2ccccc12)NC(=O)C(CC(N)=O)NC(=O)C(N)Cc1ccc(Cl)c(Cl)c1)C(=O)N(C(=O)C1CCCN1C(=O)C(N)CCCCNC(=O)c1cccnc1)C(=O)C1CCCN1C(=O)C(N)Cc1cccnc1. The van der Waals surface area contributed by atoms with Crippen molar-refractivity contribution in [3.05, 3.63) is 202 Å². The molecule has 119 heavy (non-hydrogen) atoms. The highest BCUT2D eigenvalue weighted by Gasteiger charge is 2.49. The van der Waals surface area contributed by atoms with Gasteiger partial charge in [-0.2, -0.15) is 0 Å². The van der Waals surface area contributed by atoms with Gasteiger partial charge in [-0.05, 0) is 147 Å². The van der Waals surface area contributed by atoms with Gasteiger partial charge in [0.25, 0.3) is 23.6 Å².